The molecule has 2 aromatic carbocycles. The molecule has 3 rings (SSSR count). The van der Waals surface area contributed by atoms with Gasteiger partial charge in [0.05, 0.1) is 12.2 Å². The molecule has 0 spiro atoms. The molecule has 0 unspecified atom stereocenters. The van der Waals surface area contributed by atoms with Crippen molar-refractivity contribution in [1.82, 2.24) is 9.80 Å². The van der Waals surface area contributed by atoms with E-state index in [1.54, 1.807) is 6.07 Å². The number of carbonyl (C=O) groups excluding carboxylic acids is 2. The van der Waals surface area contributed by atoms with E-state index in [9.17, 15) is 14.0 Å². The maximum Gasteiger partial charge on any atom is 0.238 e. The Labute approximate surface area is 184 Å². The van der Waals surface area contributed by atoms with Crippen molar-refractivity contribution in [1.29, 1.82) is 0 Å². The number of benzene rings is 2. The van der Waals surface area contributed by atoms with Crippen LogP contribution in [0.15, 0.2) is 46.9 Å². The first-order valence-electron chi connectivity index (χ1n) is 9.95. The van der Waals surface area contributed by atoms with Crippen molar-refractivity contribution >= 4 is 39.1 Å². The quantitative estimate of drug-likeness (QED) is 0.641. The molecule has 2 aromatic rings. The zero-order chi connectivity index (χ0) is 21.5. The molecule has 2 amide bonds. The summed E-state index contributed by atoms with van der Waals surface area (Å²) in [7, 11) is 0. The number of nitrogens with one attached hydrogen (secondary N) is 2. The molecule has 0 aromatic heterocycles. The molecule has 8 heteroatoms. The van der Waals surface area contributed by atoms with E-state index < -0.39 is 5.82 Å². The minimum atomic E-state index is -0.463. The molecule has 0 radical (unpaired) electrons. The van der Waals surface area contributed by atoms with Gasteiger partial charge in [-0.3, -0.25) is 14.5 Å². The Morgan fingerprint density at radius 3 is 2.30 bits per heavy atom. The maximum atomic E-state index is 13.8. The minimum Gasteiger partial charge on any atom is -0.325 e. The Bertz CT molecular complexity index is 883. The monoisotopic (exact) mass is 476 g/mol. The lowest BCUT2D eigenvalue weighted by Gasteiger charge is -2.34. The van der Waals surface area contributed by atoms with Gasteiger partial charge in [0, 0.05) is 49.3 Å². The Kier molecular flexibility index (Phi) is 7.95. The molecule has 2 N–H and O–H groups in total. The molecule has 1 saturated heterocycles. The second kappa shape index (κ2) is 10.7. The van der Waals surface area contributed by atoms with Gasteiger partial charge in [-0.25, -0.2) is 4.39 Å². The predicted octanol–water partition coefficient (Wildman–Crippen LogP) is 3.48. The SMILES string of the molecule is Cc1ccc(NC(=O)CN2CCN(CCC(=O)Nc3ccc(Br)cc3F)CC2)cc1. The van der Waals surface area contributed by atoms with E-state index >= 15 is 0 Å². The maximum absolute atomic E-state index is 13.8. The number of hydrogen-bond acceptors (Lipinski definition) is 4. The molecule has 30 heavy (non-hydrogen) atoms. The van der Waals surface area contributed by atoms with E-state index in [4.69, 9.17) is 0 Å². The molecule has 6 nitrogen and oxygen atoms in total. The molecule has 1 aliphatic rings. The zero-order valence-electron chi connectivity index (χ0n) is 17.0. The Morgan fingerprint density at radius 1 is 0.967 bits per heavy atom. The van der Waals surface area contributed by atoms with Gasteiger partial charge in [-0.2, -0.15) is 0 Å². The lowest BCUT2D eigenvalue weighted by Crippen LogP contribution is -2.49. The van der Waals surface area contributed by atoms with Gasteiger partial charge in [0.2, 0.25) is 11.8 Å². The predicted molar refractivity (Wildman–Crippen MR) is 120 cm³/mol. The molecule has 0 saturated carbocycles. The average Bonchev–Trinajstić information content (AvgIpc) is 2.71. The summed E-state index contributed by atoms with van der Waals surface area (Å²) in [4.78, 5) is 28.6. The summed E-state index contributed by atoms with van der Waals surface area (Å²) in [5.74, 6) is -0.699. The van der Waals surface area contributed by atoms with Crippen LogP contribution in [0.3, 0.4) is 0 Å². The number of carbonyl (C=O) groups is 2. The third-order valence-electron chi connectivity index (χ3n) is 5.03. The number of halogens is 2. The van der Waals surface area contributed by atoms with Crippen LogP contribution in [0.2, 0.25) is 0 Å². The lowest BCUT2D eigenvalue weighted by atomic mass is 10.2. The highest BCUT2D eigenvalue weighted by atomic mass is 79.9. The second-order valence-electron chi connectivity index (χ2n) is 7.45. The van der Waals surface area contributed by atoms with Crippen LogP contribution in [0.25, 0.3) is 0 Å². The fourth-order valence-corrected chi connectivity index (χ4v) is 3.61. The van der Waals surface area contributed by atoms with Gasteiger partial charge in [-0.15, -0.1) is 0 Å². The van der Waals surface area contributed by atoms with E-state index in [2.05, 4.69) is 36.4 Å². The molecule has 0 aliphatic carbocycles. The van der Waals surface area contributed by atoms with E-state index in [0.29, 0.717) is 24.0 Å². The van der Waals surface area contributed by atoms with Crippen LogP contribution in [0, 0.1) is 12.7 Å². The zero-order valence-corrected chi connectivity index (χ0v) is 18.5. The number of anilines is 2. The molecule has 1 heterocycles. The van der Waals surface area contributed by atoms with E-state index in [0.717, 1.165) is 37.4 Å². The summed E-state index contributed by atoms with van der Waals surface area (Å²) in [6.45, 7) is 6.08. The van der Waals surface area contributed by atoms with E-state index in [1.807, 2.05) is 31.2 Å². The van der Waals surface area contributed by atoms with Gasteiger partial charge in [0.25, 0.3) is 0 Å². The van der Waals surface area contributed by atoms with Crippen molar-refractivity contribution in [2.24, 2.45) is 0 Å². The number of amides is 2. The molecular weight excluding hydrogens is 451 g/mol. The minimum absolute atomic E-state index is 0.0248. The Morgan fingerprint density at radius 2 is 1.63 bits per heavy atom. The third kappa shape index (κ3) is 6.90. The van der Waals surface area contributed by atoms with E-state index in [1.165, 1.54) is 12.1 Å². The van der Waals surface area contributed by atoms with Crippen molar-refractivity contribution < 1.29 is 14.0 Å². The molecule has 1 aliphatic heterocycles. The second-order valence-corrected chi connectivity index (χ2v) is 8.37. The Hall–Kier alpha value is -2.29. The van der Waals surface area contributed by atoms with Crippen LogP contribution in [0.4, 0.5) is 15.8 Å². The van der Waals surface area contributed by atoms with Crippen molar-refractivity contribution in [2.45, 2.75) is 13.3 Å². The van der Waals surface area contributed by atoms with Crippen LogP contribution in [-0.2, 0) is 9.59 Å². The highest BCUT2D eigenvalue weighted by Crippen LogP contribution is 2.19. The number of hydrogen-bond donors (Lipinski definition) is 2. The van der Waals surface area contributed by atoms with Gasteiger partial charge < -0.3 is 15.5 Å². The van der Waals surface area contributed by atoms with Crippen molar-refractivity contribution in [3.05, 3.63) is 58.3 Å². The van der Waals surface area contributed by atoms with Gasteiger partial charge in [0.15, 0.2) is 0 Å². The van der Waals surface area contributed by atoms with Crippen LogP contribution < -0.4 is 10.6 Å². The summed E-state index contributed by atoms with van der Waals surface area (Å²) in [6.07, 6.45) is 0.295. The van der Waals surface area contributed by atoms with Crippen LogP contribution in [0.1, 0.15) is 12.0 Å². The summed E-state index contributed by atoms with van der Waals surface area (Å²) in [5.41, 5.74) is 2.14. The van der Waals surface area contributed by atoms with Crippen molar-refractivity contribution in [3.63, 3.8) is 0 Å². The summed E-state index contributed by atoms with van der Waals surface area (Å²) in [5, 5.41) is 5.53. The van der Waals surface area contributed by atoms with Crippen LogP contribution >= 0.6 is 15.9 Å². The van der Waals surface area contributed by atoms with Crippen LogP contribution in [0.5, 0.6) is 0 Å². The highest BCUT2D eigenvalue weighted by Gasteiger charge is 2.19. The number of rotatable bonds is 7. The van der Waals surface area contributed by atoms with Crippen LogP contribution in [-0.4, -0.2) is 60.9 Å². The molecule has 0 bridgehead atoms. The fourth-order valence-electron chi connectivity index (χ4n) is 3.27. The topological polar surface area (TPSA) is 64.7 Å². The summed E-state index contributed by atoms with van der Waals surface area (Å²) < 4.78 is 14.4. The van der Waals surface area contributed by atoms with Crippen molar-refractivity contribution in [3.8, 4) is 0 Å². The summed E-state index contributed by atoms with van der Waals surface area (Å²) >= 11 is 3.20. The van der Waals surface area contributed by atoms with Gasteiger partial charge in [-0.1, -0.05) is 33.6 Å². The normalized spacial score (nSPS) is 15.0. The number of piperazine rings is 1. The summed E-state index contributed by atoms with van der Waals surface area (Å²) in [6, 6.07) is 12.3. The van der Waals surface area contributed by atoms with Gasteiger partial charge >= 0.3 is 0 Å². The lowest BCUT2D eigenvalue weighted by molar-refractivity contribution is -0.117. The third-order valence-corrected chi connectivity index (χ3v) is 5.52. The first-order chi connectivity index (χ1) is 14.4. The smallest absolute Gasteiger partial charge is 0.238 e. The standard InChI is InChI=1S/C22H26BrFN4O2/c1-16-2-5-18(6-3-16)25-22(30)15-28-12-10-27(11-13-28)9-8-21(29)26-20-7-4-17(23)14-19(20)24/h2-7,14H,8-13,15H2,1H3,(H,25,30)(H,26,29). The first-order valence-corrected chi connectivity index (χ1v) is 10.7. The fraction of sp³-hybridized carbons (Fsp3) is 0.364. The van der Waals surface area contributed by atoms with E-state index in [-0.39, 0.29) is 17.5 Å². The number of nitrogens with zero attached hydrogens (tertiary/aromatic N) is 2. The molecule has 160 valence electrons. The van der Waals surface area contributed by atoms with Gasteiger partial charge in [-0.05, 0) is 37.3 Å². The molecule has 1 fully saturated rings. The number of aryl methyl sites for hydroxylation is 1. The first kappa shape index (κ1) is 22.4. The molecular formula is C22H26BrFN4O2. The average molecular weight is 477 g/mol. The highest BCUT2D eigenvalue weighted by molar-refractivity contribution is 9.10. The van der Waals surface area contributed by atoms with Gasteiger partial charge in [0.1, 0.15) is 5.82 Å². The largest absolute Gasteiger partial charge is 0.325 e. The Balaban J connectivity index is 1.35. The van der Waals surface area contributed by atoms with Crippen molar-refractivity contribution in [2.75, 3.05) is 49.9 Å². The molecule has 0 atom stereocenters.